The summed E-state index contributed by atoms with van der Waals surface area (Å²) in [5.41, 5.74) is 1.63. The summed E-state index contributed by atoms with van der Waals surface area (Å²) in [4.78, 5) is 11.9. The number of aliphatic hydroxyl groups excluding tert-OH is 1. The third-order valence-corrected chi connectivity index (χ3v) is 3.43. The van der Waals surface area contributed by atoms with Gasteiger partial charge in [-0.1, -0.05) is 44.0 Å². The maximum absolute atomic E-state index is 11.9. The molecule has 0 saturated heterocycles. The van der Waals surface area contributed by atoms with Crippen LogP contribution in [-0.4, -0.2) is 25.3 Å². The molecule has 0 aromatic heterocycles. The molecule has 1 aromatic carbocycles. The van der Waals surface area contributed by atoms with Gasteiger partial charge in [-0.05, 0) is 17.5 Å². The molecule has 1 aromatic rings. The number of unbranched alkanes of at least 4 members (excludes halogenated alkanes) is 1. The molecule has 112 valence electrons. The lowest BCUT2D eigenvalue weighted by molar-refractivity contribution is -0.150. The van der Waals surface area contributed by atoms with Crippen molar-refractivity contribution in [2.75, 3.05) is 14.2 Å². The van der Waals surface area contributed by atoms with E-state index in [0.29, 0.717) is 13.0 Å². The Morgan fingerprint density at radius 2 is 2.00 bits per heavy atom. The number of hydrogen-bond donors (Lipinski definition) is 1. The highest BCUT2D eigenvalue weighted by molar-refractivity contribution is 5.73. The van der Waals surface area contributed by atoms with E-state index < -0.39 is 12.0 Å². The molecule has 4 heteroatoms. The first-order chi connectivity index (χ1) is 9.65. The molecular formula is C16H24O4. The Kier molecular flexibility index (Phi) is 7.26. The number of carbonyl (C=O) groups is 1. The fourth-order valence-corrected chi connectivity index (χ4v) is 2.31. The van der Waals surface area contributed by atoms with Crippen molar-refractivity contribution in [2.45, 2.75) is 38.9 Å². The quantitative estimate of drug-likeness (QED) is 0.744. The van der Waals surface area contributed by atoms with Gasteiger partial charge in [0.1, 0.15) is 0 Å². The molecule has 0 fully saturated rings. The van der Waals surface area contributed by atoms with E-state index in [4.69, 9.17) is 9.47 Å². The standard InChI is InChI=1S/C16H24O4/c1-4-5-9-14(16(18)20-3)15(17)13-10-7-6-8-12(13)11-19-2/h6-8,10,14-15,17H,4-5,9,11H2,1-3H3. The number of ether oxygens (including phenoxy) is 2. The number of methoxy groups -OCH3 is 2. The Morgan fingerprint density at radius 3 is 2.60 bits per heavy atom. The summed E-state index contributed by atoms with van der Waals surface area (Å²) in [6.07, 6.45) is 1.61. The van der Waals surface area contributed by atoms with E-state index in [2.05, 4.69) is 6.92 Å². The molecule has 0 saturated carbocycles. The molecule has 0 bridgehead atoms. The summed E-state index contributed by atoms with van der Waals surface area (Å²) < 4.78 is 9.96. The van der Waals surface area contributed by atoms with E-state index in [0.717, 1.165) is 24.0 Å². The number of esters is 1. The molecular weight excluding hydrogens is 256 g/mol. The van der Waals surface area contributed by atoms with Gasteiger partial charge in [0.05, 0.1) is 25.7 Å². The highest BCUT2D eigenvalue weighted by Crippen LogP contribution is 2.30. The third-order valence-electron chi connectivity index (χ3n) is 3.43. The van der Waals surface area contributed by atoms with E-state index in [9.17, 15) is 9.90 Å². The Bertz CT molecular complexity index is 417. The van der Waals surface area contributed by atoms with Crippen LogP contribution >= 0.6 is 0 Å². The predicted octanol–water partition coefficient (Wildman–Crippen LogP) is 2.85. The molecule has 0 aliphatic heterocycles. The second kappa shape index (κ2) is 8.72. The van der Waals surface area contributed by atoms with Crippen molar-refractivity contribution in [3.63, 3.8) is 0 Å². The molecule has 2 atom stereocenters. The lowest BCUT2D eigenvalue weighted by Gasteiger charge is -2.23. The second-order valence-corrected chi connectivity index (χ2v) is 4.85. The van der Waals surface area contributed by atoms with Crippen molar-refractivity contribution in [3.8, 4) is 0 Å². The SMILES string of the molecule is CCCCC(C(=O)OC)C(O)c1ccccc1COC. The maximum Gasteiger partial charge on any atom is 0.311 e. The average Bonchev–Trinajstić information content (AvgIpc) is 2.48. The molecule has 0 spiro atoms. The highest BCUT2D eigenvalue weighted by atomic mass is 16.5. The molecule has 4 nitrogen and oxygen atoms in total. The first kappa shape index (κ1) is 16.7. The Hall–Kier alpha value is -1.39. The fraction of sp³-hybridized carbons (Fsp3) is 0.562. The molecule has 1 N–H and O–H groups in total. The van der Waals surface area contributed by atoms with E-state index in [1.807, 2.05) is 24.3 Å². The largest absolute Gasteiger partial charge is 0.469 e. The first-order valence-corrected chi connectivity index (χ1v) is 6.98. The fourth-order valence-electron chi connectivity index (χ4n) is 2.31. The van der Waals surface area contributed by atoms with Gasteiger partial charge in [-0.2, -0.15) is 0 Å². The van der Waals surface area contributed by atoms with Crippen molar-refractivity contribution < 1.29 is 19.4 Å². The summed E-state index contributed by atoms with van der Waals surface area (Å²) in [6.45, 7) is 2.47. The van der Waals surface area contributed by atoms with Crippen LogP contribution < -0.4 is 0 Å². The topological polar surface area (TPSA) is 55.8 Å². The van der Waals surface area contributed by atoms with Crippen LogP contribution in [0, 0.1) is 5.92 Å². The number of hydrogen-bond acceptors (Lipinski definition) is 4. The Morgan fingerprint density at radius 1 is 1.30 bits per heavy atom. The van der Waals surface area contributed by atoms with Gasteiger partial charge in [-0.15, -0.1) is 0 Å². The van der Waals surface area contributed by atoms with E-state index in [1.165, 1.54) is 7.11 Å². The number of carbonyl (C=O) groups excluding carboxylic acids is 1. The van der Waals surface area contributed by atoms with Gasteiger partial charge in [-0.25, -0.2) is 0 Å². The molecule has 0 radical (unpaired) electrons. The number of aliphatic hydroxyl groups is 1. The van der Waals surface area contributed by atoms with Crippen LogP contribution in [0.2, 0.25) is 0 Å². The molecule has 20 heavy (non-hydrogen) atoms. The van der Waals surface area contributed by atoms with Crippen molar-refractivity contribution >= 4 is 5.97 Å². The lowest BCUT2D eigenvalue weighted by Crippen LogP contribution is -2.24. The summed E-state index contributed by atoms with van der Waals surface area (Å²) >= 11 is 0. The minimum atomic E-state index is -0.861. The van der Waals surface area contributed by atoms with Crippen LogP contribution in [0.1, 0.15) is 43.4 Å². The number of benzene rings is 1. The monoisotopic (exact) mass is 280 g/mol. The van der Waals surface area contributed by atoms with Gasteiger partial charge in [0.15, 0.2) is 0 Å². The smallest absolute Gasteiger partial charge is 0.311 e. The summed E-state index contributed by atoms with van der Waals surface area (Å²) in [6, 6.07) is 7.48. The normalized spacial score (nSPS) is 13.8. The van der Waals surface area contributed by atoms with E-state index >= 15 is 0 Å². The summed E-state index contributed by atoms with van der Waals surface area (Å²) in [7, 11) is 2.97. The van der Waals surface area contributed by atoms with Crippen molar-refractivity contribution in [2.24, 2.45) is 5.92 Å². The second-order valence-electron chi connectivity index (χ2n) is 4.85. The van der Waals surface area contributed by atoms with Crippen LogP contribution in [0.3, 0.4) is 0 Å². The van der Waals surface area contributed by atoms with Gasteiger partial charge in [0.2, 0.25) is 0 Å². The molecule has 0 aliphatic rings. The zero-order chi connectivity index (χ0) is 15.0. The maximum atomic E-state index is 11.9. The molecule has 2 unspecified atom stereocenters. The van der Waals surface area contributed by atoms with E-state index in [-0.39, 0.29) is 5.97 Å². The highest BCUT2D eigenvalue weighted by Gasteiger charge is 2.29. The molecule has 0 aliphatic carbocycles. The van der Waals surface area contributed by atoms with Crippen molar-refractivity contribution in [3.05, 3.63) is 35.4 Å². The van der Waals surface area contributed by atoms with Crippen LogP contribution in [0.15, 0.2) is 24.3 Å². The molecule has 0 heterocycles. The van der Waals surface area contributed by atoms with Crippen LogP contribution in [-0.2, 0) is 20.9 Å². The Labute approximate surface area is 120 Å². The van der Waals surface area contributed by atoms with Gasteiger partial charge >= 0.3 is 5.97 Å². The minimum absolute atomic E-state index is 0.363. The molecule has 1 rings (SSSR count). The van der Waals surface area contributed by atoms with Crippen molar-refractivity contribution in [1.82, 2.24) is 0 Å². The van der Waals surface area contributed by atoms with Crippen LogP contribution in [0.5, 0.6) is 0 Å². The van der Waals surface area contributed by atoms with Crippen LogP contribution in [0.25, 0.3) is 0 Å². The van der Waals surface area contributed by atoms with E-state index in [1.54, 1.807) is 7.11 Å². The summed E-state index contributed by atoms with van der Waals surface area (Å²) in [5.74, 6) is -0.892. The average molecular weight is 280 g/mol. The summed E-state index contributed by atoms with van der Waals surface area (Å²) in [5, 5.41) is 10.6. The lowest BCUT2D eigenvalue weighted by atomic mass is 9.89. The first-order valence-electron chi connectivity index (χ1n) is 6.98. The van der Waals surface area contributed by atoms with Crippen molar-refractivity contribution in [1.29, 1.82) is 0 Å². The van der Waals surface area contributed by atoms with Crippen LogP contribution in [0.4, 0.5) is 0 Å². The minimum Gasteiger partial charge on any atom is -0.469 e. The zero-order valence-electron chi connectivity index (χ0n) is 12.5. The third kappa shape index (κ3) is 4.32. The van der Waals surface area contributed by atoms with Gasteiger partial charge in [0.25, 0.3) is 0 Å². The van der Waals surface area contributed by atoms with Gasteiger partial charge < -0.3 is 14.6 Å². The predicted molar refractivity (Wildman–Crippen MR) is 77.1 cm³/mol. The van der Waals surface area contributed by atoms with Gasteiger partial charge in [-0.3, -0.25) is 4.79 Å². The zero-order valence-corrected chi connectivity index (χ0v) is 12.5. The number of rotatable bonds is 8. The molecule has 0 amide bonds. The Balaban J connectivity index is 2.98. The van der Waals surface area contributed by atoms with Gasteiger partial charge in [0, 0.05) is 7.11 Å².